The molecule has 0 aliphatic carbocycles. The zero-order valence-corrected chi connectivity index (χ0v) is 13.9. The van der Waals surface area contributed by atoms with Crippen molar-refractivity contribution in [2.75, 3.05) is 19.0 Å². The molecule has 1 amide bonds. The Morgan fingerprint density at radius 3 is 2.71 bits per heavy atom. The topological polar surface area (TPSA) is 49.6 Å². The first-order valence-electron chi connectivity index (χ1n) is 6.19. The van der Waals surface area contributed by atoms with Crippen molar-refractivity contribution >= 4 is 67.4 Å². The number of benzene rings is 1. The Labute approximate surface area is 136 Å². The number of hydrogen-bond acceptors (Lipinski definition) is 6. The lowest BCUT2D eigenvalue weighted by atomic mass is 10.2. The van der Waals surface area contributed by atoms with Crippen LogP contribution in [0.1, 0.15) is 4.88 Å². The van der Waals surface area contributed by atoms with Gasteiger partial charge in [-0.15, -0.1) is 11.3 Å². The summed E-state index contributed by atoms with van der Waals surface area (Å²) in [7, 11) is 4.03. The molecule has 1 aromatic heterocycles. The Balaban J connectivity index is 1.99. The van der Waals surface area contributed by atoms with Gasteiger partial charge in [0.25, 0.3) is 5.91 Å². The number of amides is 1. The number of fused-ring (bicyclic) bond motifs is 1. The number of nitrogens with zero attached hydrogens (tertiary/aromatic N) is 2. The van der Waals surface area contributed by atoms with E-state index in [2.05, 4.69) is 29.2 Å². The summed E-state index contributed by atoms with van der Waals surface area (Å²) in [5.41, 5.74) is 1.16. The third-order valence-corrected chi connectivity index (χ3v) is 5.51. The van der Waals surface area contributed by atoms with E-state index in [4.69, 9.17) is 18.1 Å². The number of carbonyl (C=O) groups excluding carboxylic acids is 1. The second kappa shape index (κ2) is 5.42. The van der Waals surface area contributed by atoms with Crippen molar-refractivity contribution in [3.05, 3.63) is 34.0 Å². The number of anilines is 1. The van der Waals surface area contributed by atoms with Crippen LogP contribution in [0, 0.1) is 0 Å². The van der Waals surface area contributed by atoms with Crippen molar-refractivity contribution < 1.29 is 4.79 Å². The fourth-order valence-corrected chi connectivity index (χ4v) is 4.21. The van der Waals surface area contributed by atoms with Crippen LogP contribution in [-0.2, 0) is 4.79 Å². The van der Waals surface area contributed by atoms with Crippen LogP contribution in [-0.4, -0.2) is 29.3 Å². The highest BCUT2D eigenvalue weighted by molar-refractivity contribution is 8.26. The summed E-state index contributed by atoms with van der Waals surface area (Å²) >= 11 is 7.91. The zero-order valence-electron chi connectivity index (χ0n) is 11.5. The Bertz CT molecular complexity index is 779. The monoisotopic (exact) mass is 335 g/mol. The highest BCUT2D eigenvalue weighted by Crippen LogP contribution is 2.34. The van der Waals surface area contributed by atoms with Crippen LogP contribution in [0.2, 0.25) is 0 Å². The first-order chi connectivity index (χ1) is 9.95. The molecule has 1 aromatic carbocycles. The lowest BCUT2D eigenvalue weighted by molar-refractivity contribution is -0.122. The molecule has 1 aliphatic heterocycles. The Morgan fingerprint density at radius 1 is 1.33 bits per heavy atom. The van der Waals surface area contributed by atoms with E-state index in [-0.39, 0.29) is 5.91 Å². The van der Waals surface area contributed by atoms with E-state index in [1.807, 2.05) is 20.2 Å². The second-order valence-electron chi connectivity index (χ2n) is 4.82. The lowest BCUT2D eigenvalue weighted by Crippen LogP contribution is -2.34. The average Bonchev–Trinajstić information content (AvgIpc) is 2.95. The molecule has 0 saturated carbocycles. The largest absolute Gasteiger partial charge is 0.378 e. The number of carbonyl (C=O) groups is 1. The average molecular weight is 335 g/mol. The van der Waals surface area contributed by atoms with Gasteiger partial charge in [-0.25, -0.2) is 10.9 Å². The molecule has 0 radical (unpaired) electrons. The van der Waals surface area contributed by atoms with Gasteiger partial charge in [0.05, 0.1) is 4.91 Å². The van der Waals surface area contributed by atoms with Crippen molar-refractivity contribution in [2.45, 2.75) is 0 Å². The van der Waals surface area contributed by atoms with Gasteiger partial charge in [0.15, 0.2) is 4.32 Å². The molecule has 108 valence electrons. The molecular formula is C14H13N3OS3. The predicted molar refractivity (Wildman–Crippen MR) is 95.4 cm³/mol. The molecule has 3 rings (SSSR count). The van der Waals surface area contributed by atoms with Crippen molar-refractivity contribution in [1.29, 1.82) is 0 Å². The lowest BCUT2D eigenvalue weighted by Gasteiger charge is -2.11. The Morgan fingerprint density at radius 2 is 2.10 bits per heavy atom. The van der Waals surface area contributed by atoms with E-state index in [9.17, 15) is 4.79 Å². The van der Waals surface area contributed by atoms with Gasteiger partial charge in [0.1, 0.15) is 0 Å². The summed E-state index contributed by atoms with van der Waals surface area (Å²) in [4.78, 5) is 15.6. The number of rotatable bonds is 2. The third-order valence-electron chi connectivity index (χ3n) is 3.14. The van der Waals surface area contributed by atoms with Crippen LogP contribution in [0.5, 0.6) is 0 Å². The normalized spacial score (nSPS) is 17.3. The number of thioether (sulfide) groups is 1. The van der Waals surface area contributed by atoms with E-state index >= 15 is 0 Å². The standard InChI is InChI=1S/C14H13N3OS3/c1-16(2)9-4-3-8-5-10(20-11(8)6-9)7-12-13(18)17(15)14(19)21-12/h3-7H,15H2,1-2H3/b12-7-. The van der Waals surface area contributed by atoms with Crippen LogP contribution < -0.4 is 10.7 Å². The van der Waals surface area contributed by atoms with Gasteiger partial charge in [-0.1, -0.05) is 30.0 Å². The maximum atomic E-state index is 11.9. The fraction of sp³-hybridized carbons (Fsp3) is 0.143. The number of hydrogen-bond donors (Lipinski definition) is 1. The number of thiophene rings is 1. The highest BCUT2D eigenvalue weighted by atomic mass is 32.2. The molecule has 2 aromatic rings. The molecule has 0 unspecified atom stereocenters. The smallest absolute Gasteiger partial charge is 0.280 e. The summed E-state index contributed by atoms with van der Waals surface area (Å²) in [6.45, 7) is 0. The van der Waals surface area contributed by atoms with Gasteiger partial charge in [-0.2, -0.15) is 0 Å². The third kappa shape index (κ3) is 2.69. The summed E-state index contributed by atoms with van der Waals surface area (Å²) in [6, 6.07) is 8.39. The van der Waals surface area contributed by atoms with Crippen LogP contribution in [0.3, 0.4) is 0 Å². The Hall–Kier alpha value is -1.41. The summed E-state index contributed by atoms with van der Waals surface area (Å²) in [6.07, 6.45) is 1.85. The number of thiocarbonyl (C=S) groups is 1. The first-order valence-corrected chi connectivity index (χ1v) is 8.23. The molecule has 1 saturated heterocycles. The Kier molecular flexibility index (Phi) is 3.75. The van der Waals surface area contributed by atoms with Crippen molar-refractivity contribution in [1.82, 2.24) is 5.01 Å². The first kappa shape index (κ1) is 14.5. The molecule has 2 N–H and O–H groups in total. The molecular weight excluding hydrogens is 322 g/mol. The fourth-order valence-electron chi connectivity index (χ4n) is 2.00. The molecule has 7 heteroatoms. The van der Waals surface area contributed by atoms with Crippen LogP contribution in [0.4, 0.5) is 5.69 Å². The molecule has 4 nitrogen and oxygen atoms in total. The molecule has 0 bridgehead atoms. The summed E-state index contributed by atoms with van der Waals surface area (Å²) in [5, 5.41) is 2.18. The van der Waals surface area contributed by atoms with Crippen LogP contribution in [0.25, 0.3) is 16.2 Å². The van der Waals surface area contributed by atoms with Crippen LogP contribution in [0.15, 0.2) is 29.2 Å². The van der Waals surface area contributed by atoms with Gasteiger partial charge in [-0.3, -0.25) is 4.79 Å². The quantitative estimate of drug-likeness (QED) is 0.396. The van der Waals surface area contributed by atoms with Gasteiger partial charge in [0.2, 0.25) is 0 Å². The van der Waals surface area contributed by atoms with Gasteiger partial charge < -0.3 is 4.90 Å². The SMILES string of the molecule is CN(C)c1ccc2cc(/C=C3\SC(=S)N(N)C3=O)sc2c1. The highest BCUT2D eigenvalue weighted by Gasteiger charge is 2.29. The van der Waals surface area contributed by atoms with E-state index in [1.165, 1.54) is 21.8 Å². The van der Waals surface area contributed by atoms with E-state index in [0.717, 1.165) is 15.6 Å². The molecule has 1 fully saturated rings. The van der Waals surface area contributed by atoms with Gasteiger partial charge in [0, 0.05) is 29.4 Å². The molecule has 21 heavy (non-hydrogen) atoms. The zero-order chi connectivity index (χ0) is 15.1. The minimum atomic E-state index is -0.239. The minimum absolute atomic E-state index is 0.239. The van der Waals surface area contributed by atoms with E-state index < -0.39 is 0 Å². The van der Waals surface area contributed by atoms with Crippen molar-refractivity contribution in [3.8, 4) is 0 Å². The van der Waals surface area contributed by atoms with E-state index in [0.29, 0.717) is 9.23 Å². The molecule has 2 heterocycles. The second-order valence-corrected chi connectivity index (χ2v) is 7.61. The summed E-state index contributed by atoms with van der Waals surface area (Å²) < 4.78 is 1.58. The summed E-state index contributed by atoms with van der Waals surface area (Å²) in [5.74, 6) is 5.33. The maximum absolute atomic E-state index is 11.9. The predicted octanol–water partition coefficient (Wildman–Crippen LogP) is 3.04. The van der Waals surface area contributed by atoms with Crippen molar-refractivity contribution in [3.63, 3.8) is 0 Å². The molecule has 0 spiro atoms. The minimum Gasteiger partial charge on any atom is -0.378 e. The van der Waals surface area contributed by atoms with Gasteiger partial charge in [-0.05, 0) is 29.7 Å². The number of nitrogens with two attached hydrogens (primary N) is 1. The molecule has 0 atom stereocenters. The van der Waals surface area contributed by atoms with Crippen molar-refractivity contribution in [2.24, 2.45) is 5.84 Å². The van der Waals surface area contributed by atoms with E-state index in [1.54, 1.807) is 11.3 Å². The van der Waals surface area contributed by atoms with Gasteiger partial charge >= 0.3 is 0 Å². The van der Waals surface area contributed by atoms with Crippen LogP contribution >= 0.6 is 35.3 Å². The maximum Gasteiger partial charge on any atom is 0.280 e. The molecule has 1 aliphatic rings. The number of hydrazine groups is 1.